The molecule has 1 atom stereocenters. The summed E-state index contributed by atoms with van der Waals surface area (Å²) in [5.41, 5.74) is 0.804. The van der Waals surface area contributed by atoms with Crippen LogP contribution in [-0.2, 0) is 11.8 Å². The van der Waals surface area contributed by atoms with Gasteiger partial charge in [-0.15, -0.1) is 10.2 Å². The first-order chi connectivity index (χ1) is 17.9. The van der Waals surface area contributed by atoms with Crippen LogP contribution in [0.1, 0.15) is 28.7 Å². The first-order valence-corrected chi connectivity index (χ1v) is 11.0. The maximum Gasteiger partial charge on any atom is 0.340 e. The van der Waals surface area contributed by atoms with Crippen LogP contribution in [0, 0.1) is 11.8 Å². The molecule has 0 aliphatic carbocycles. The highest BCUT2D eigenvalue weighted by atomic mass is 19.1. The molecule has 0 spiro atoms. The molecule has 5 aromatic heterocycles. The average molecular weight is 507 g/mol. The topological polar surface area (TPSA) is 145 Å². The standard InChI is InChI=1S/C23H19F2N9O3/c1-33-19(3-6-28-33)30-23-27-5-2-16(29-23)13-9-18(25)34-20(10-13)31-32-21(34)17(4-7-35)37-22(36)14-8-15(24)12-26-11-14/h2-3,5-6,8-12,17,35H,4,7H2,1H3,(H,27,29,30). The number of nitrogens with one attached hydrogen (secondary N) is 1. The van der Waals surface area contributed by atoms with Crippen molar-refractivity contribution in [1.29, 1.82) is 0 Å². The molecule has 0 aromatic carbocycles. The Morgan fingerprint density at radius 3 is 2.78 bits per heavy atom. The molecule has 0 radical (unpaired) electrons. The maximum absolute atomic E-state index is 15.3. The van der Waals surface area contributed by atoms with Crippen molar-refractivity contribution in [3.05, 3.63) is 78.3 Å². The summed E-state index contributed by atoms with van der Waals surface area (Å²) in [5, 5.41) is 24.6. The van der Waals surface area contributed by atoms with E-state index in [2.05, 4.69) is 35.6 Å². The van der Waals surface area contributed by atoms with Gasteiger partial charge in [0.1, 0.15) is 11.6 Å². The minimum absolute atomic E-state index is 0.0490. The Labute approximate surface area is 207 Å². The third-order valence-electron chi connectivity index (χ3n) is 5.37. The summed E-state index contributed by atoms with van der Waals surface area (Å²) in [5.74, 6) is -1.48. The van der Waals surface area contributed by atoms with Gasteiger partial charge in [0.25, 0.3) is 0 Å². The molecule has 37 heavy (non-hydrogen) atoms. The third-order valence-corrected chi connectivity index (χ3v) is 5.37. The fourth-order valence-electron chi connectivity index (χ4n) is 3.62. The van der Waals surface area contributed by atoms with Gasteiger partial charge in [-0.3, -0.25) is 14.1 Å². The number of nitrogens with zero attached hydrogens (tertiary/aromatic N) is 8. The van der Waals surface area contributed by atoms with Crippen molar-refractivity contribution in [1.82, 2.24) is 39.3 Å². The van der Waals surface area contributed by atoms with Crippen LogP contribution in [0.5, 0.6) is 0 Å². The van der Waals surface area contributed by atoms with Gasteiger partial charge in [-0.05, 0) is 18.2 Å². The van der Waals surface area contributed by atoms with Gasteiger partial charge >= 0.3 is 5.97 Å². The third kappa shape index (κ3) is 4.95. The molecule has 0 saturated heterocycles. The van der Waals surface area contributed by atoms with Gasteiger partial charge in [-0.2, -0.15) is 9.49 Å². The predicted octanol–water partition coefficient (Wildman–Crippen LogP) is 2.62. The number of hydrogen-bond acceptors (Lipinski definition) is 10. The van der Waals surface area contributed by atoms with Crippen LogP contribution in [0.25, 0.3) is 16.9 Å². The van der Waals surface area contributed by atoms with E-state index in [0.717, 1.165) is 22.9 Å². The number of aliphatic hydroxyl groups excluding tert-OH is 1. The van der Waals surface area contributed by atoms with Crippen LogP contribution in [0.4, 0.5) is 20.5 Å². The second-order valence-electron chi connectivity index (χ2n) is 7.85. The zero-order valence-corrected chi connectivity index (χ0v) is 19.3. The molecule has 188 valence electrons. The number of hydrogen-bond donors (Lipinski definition) is 2. The van der Waals surface area contributed by atoms with Gasteiger partial charge in [0.15, 0.2) is 17.6 Å². The SMILES string of the molecule is Cn1nccc1Nc1nccc(-c2cc(F)n3c(C(CCO)OC(=O)c4cncc(F)c4)nnc3c2)n1. The highest BCUT2D eigenvalue weighted by Gasteiger charge is 2.25. The maximum atomic E-state index is 15.3. The molecular formula is C23H19F2N9O3. The average Bonchev–Trinajstić information content (AvgIpc) is 3.50. The lowest BCUT2D eigenvalue weighted by Crippen LogP contribution is -2.17. The molecule has 1 unspecified atom stereocenters. The van der Waals surface area contributed by atoms with E-state index in [-0.39, 0.29) is 36.0 Å². The summed E-state index contributed by atoms with van der Waals surface area (Å²) in [6.07, 6.45) is 3.97. The van der Waals surface area contributed by atoms with Crippen LogP contribution in [0.15, 0.2) is 55.1 Å². The van der Waals surface area contributed by atoms with E-state index >= 15 is 4.39 Å². The fourth-order valence-corrected chi connectivity index (χ4v) is 3.62. The van der Waals surface area contributed by atoms with E-state index in [1.165, 1.54) is 12.3 Å². The minimum Gasteiger partial charge on any atom is -0.450 e. The number of ether oxygens (including phenoxy) is 1. The van der Waals surface area contributed by atoms with Crippen LogP contribution >= 0.6 is 0 Å². The summed E-state index contributed by atoms with van der Waals surface area (Å²) in [7, 11) is 1.76. The van der Waals surface area contributed by atoms with E-state index in [1.807, 2.05) is 0 Å². The highest BCUT2D eigenvalue weighted by molar-refractivity contribution is 5.89. The van der Waals surface area contributed by atoms with Crippen molar-refractivity contribution >= 4 is 23.4 Å². The van der Waals surface area contributed by atoms with Gasteiger partial charge < -0.3 is 15.2 Å². The Kier molecular flexibility index (Phi) is 6.47. The summed E-state index contributed by atoms with van der Waals surface area (Å²) in [6, 6.07) is 7.11. The molecular weight excluding hydrogens is 488 g/mol. The Morgan fingerprint density at radius 2 is 2.03 bits per heavy atom. The Hall–Kier alpha value is -4.85. The zero-order valence-electron chi connectivity index (χ0n) is 19.3. The number of esters is 1. The smallest absolute Gasteiger partial charge is 0.340 e. The number of aliphatic hydroxyl groups is 1. The molecule has 14 heteroatoms. The number of aromatic nitrogens is 8. The number of carbonyl (C=O) groups excluding carboxylic acids is 1. The Balaban J connectivity index is 1.45. The fraction of sp³-hybridized carbons (Fsp3) is 0.174. The largest absolute Gasteiger partial charge is 0.450 e. The minimum atomic E-state index is -1.16. The van der Waals surface area contributed by atoms with Crippen molar-refractivity contribution in [2.24, 2.45) is 7.05 Å². The molecule has 0 saturated carbocycles. The van der Waals surface area contributed by atoms with E-state index < -0.39 is 23.8 Å². The van der Waals surface area contributed by atoms with Crippen LogP contribution < -0.4 is 5.32 Å². The van der Waals surface area contributed by atoms with Crippen molar-refractivity contribution in [3.63, 3.8) is 0 Å². The zero-order chi connectivity index (χ0) is 25.9. The lowest BCUT2D eigenvalue weighted by Gasteiger charge is -2.16. The van der Waals surface area contributed by atoms with E-state index in [0.29, 0.717) is 17.1 Å². The normalized spacial score (nSPS) is 12.0. The molecule has 5 rings (SSSR count). The molecule has 5 aromatic rings. The summed E-state index contributed by atoms with van der Waals surface area (Å²) in [4.78, 5) is 24.7. The molecule has 0 aliphatic rings. The monoisotopic (exact) mass is 507 g/mol. The molecule has 0 aliphatic heterocycles. The summed E-state index contributed by atoms with van der Waals surface area (Å²) < 4.78 is 36.9. The summed E-state index contributed by atoms with van der Waals surface area (Å²) in [6.45, 7) is -0.388. The van der Waals surface area contributed by atoms with Crippen molar-refractivity contribution in [2.45, 2.75) is 12.5 Å². The lowest BCUT2D eigenvalue weighted by atomic mass is 10.2. The van der Waals surface area contributed by atoms with Crippen LogP contribution in [0.3, 0.4) is 0 Å². The lowest BCUT2D eigenvalue weighted by molar-refractivity contribution is 0.0207. The number of fused-ring (bicyclic) bond motifs is 1. The molecule has 5 heterocycles. The van der Waals surface area contributed by atoms with Gasteiger partial charge in [-0.1, -0.05) is 0 Å². The van der Waals surface area contributed by atoms with Gasteiger partial charge in [0.2, 0.25) is 11.9 Å². The highest BCUT2D eigenvalue weighted by Crippen LogP contribution is 2.27. The van der Waals surface area contributed by atoms with Crippen LogP contribution in [-0.4, -0.2) is 57.0 Å². The number of anilines is 2. The quantitative estimate of drug-likeness (QED) is 0.237. The van der Waals surface area contributed by atoms with Crippen LogP contribution in [0.2, 0.25) is 0 Å². The Bertz CT molecular complexity index is 1590. The molecule has 0 amide bonds. The second kappa shape index (κ2) is 10.0. The van der Waals surface area contributed by atoms with Gasteiger partial charge in [-0.25, -0.2) is 19.2 Å². The van der Waals surface area contributed by atoms with E-state index in [9.17, 15) is 14.3 Å². The number of halogens is 2. The number of rotatable bonds is 8. The van der Waals surface area contributed by atoms with E-state index in [1.54, 1.807) is 36.1 Å². The summed E-state index contributed by atoms with van der Waals surface area (Å²) >= 11 is 0. The predicted molar refractivity (Wildman–Crippen MR) is 125 cm³/mol. The Morgan fingerprint density at radius 1 is 1.16 bits per heavy atom. The number of pyridine rings is 2. The number of aryl methyl sites for hydroxylation is 1. The van der Waals surface area contributed by atoms with Gasteiger partial charge in [0.05, 0.1) is 23.7 Å². The van der Waals surface area contributed by atoms with Gasteiger partial charge in [0, 0.05) is 50.2 Å². The first kappa shape index (κ1) is 23.9. The first-order valence-electron chi connectivity index (χ1n) is 11.0. The van der Waals surface area contributed by atoms with Crippen molar-refractivity contribution in [2.75, 3.05) is 11.9 Å². The molecule has 2 N–H and O–H groups in total. The van der Waals surface area contributed by atoms with Crippen molar-refractivity contribution < 1.29 is 23.4 Å². The van der Waals surface area contributed by atoms with Crippen molar-refractivity contribution in [3.8, 4) is 11.3 Å². The molecule has 12 nitrogen and oxygen atoms in total. The number of carbonyl (C=O) groups is 1. The van der Waals surface area contributed by atoms with E-state index in [4.69, 9.17) is 4.74 Å². The molecule has 0 fully saturated rings. The second-order valence-corrected chi connectivity index (χ2v) is 7.85. The molecule has 0 bridgehead atoms.